The number of amides is 2. The number of hydrogen-bond donors (Lipinski definition) is 3. The van der Waals surface area contributed by atoms with Gasteiger partial charge < -0.3 is 34.4 Å². The number of carbonyl (C=O) groups excluding carboxylic acids is 2. The van der Waals surface area contributed by atoms with Gasteiger partial charge in [-0.2, -0.15) is 12.6 Å². The van der Waals surface area contributed by atoms with Gasteiger partial charge in [-0.15, -0.1) is 0 Å². The van der Waals surface area contributed by atoms with Crippen molar-refractivity contribution in [2.45, 2.75) is 25.7 Å². The highest BCUT2D eigenvalue weighted by atomic mass is 32.1. The van der Waals surface area contributed by atoms with Crippen LogP contribution >= 0.6 is 12.6 Å². The maximum atomic E-state index is 11.8. The highest BCUT2D eigenvalue weighted by molar-refractivity contribution is 7.81. The largest absolute Gasteiger partial charge is 0.379 e. The van der Waals surface area contributed by atoms with Crippen molar-refractivity contribution in [1.29, 1.82) is 0 Å². The number of nitrogens with zero attached hydrogens (tertiary/aromatic N) is 1. The van der Waals surface area contributed by atoms with Crippen molar-refractivity contribution in [3.63, 3.8) is 0 Å². The monoisotopic (exact) mass is 459 g/mol. The second-order valence-corrected chi connectivity index (χ2v) is 7.64. The Morgan fingerprint density at radius 2 is 1.32 bits per heavy atom. The number of hydrogen-bond acceptors (Lipinski definition) is 8. The Balaban J connectivity index is 1.74. The van der Waals surface area contributed by atoms with Crippen molar-refractivity contribution in [3.8, 4) is 0 Å². The molecule has 0 aromatic rings. The van der Waals surface area contributed by atoms with Crippen molar-refractivity contribution in [2.75, 3.05) is 84.8 Å². The molecule has 9 nitrogen and oxygen atoms in total. The first-order valence-electron chi connectivity index (χ1n) is 11.1. The van der Waals surface area contributed by atoms with Gasteiger partial charge in [-0.3, -0.25) is 9.59 Å². The summed E-state index contributed by atoms with van der Waals surface area (Å²) in [7, 11) is 5.75. The lowest BCUT2D eigenvalue weighted by atomic mass is 9.92. The van der Waals surface area contributed by atoms with Crippen molar-refractivity contribution < 1.29 is 28.5 Å². The molecule has 0 atom stereocenters. The van der Waals surface area contributed by atoms with E-state index in [0.717, 1.165) is 38.9 Å². The first-order chi connectivity index (χ1) is 15.1. The van der Waals surface area contributed by atoms with E-state index >= 15 is 0 Å². The van der Waals surface area contributed by atoms with Gasteiger partial charge in [0, 0.05) is 19.5 Å². The number of ether oxygens (including phenoxy) is 4. The van der Waals surface area contributed by atoms with E-state index in [-0.39, 0.29) is 17.6 Å². The molecule has 0 spiro atoms. The third kappa shape index (κ3) is 17.4. The van der Waals surface area contributed by atoms with Crippen LogP contribution in [0.15, 0.2) is 0 Å². The Morgan fingerprint density at radius 3 is 1.90 bits per heavy atom. The average molecular weight is 459 g/mol. The topological polar surface area (TPSA) is 98.4 Å². The van der Waals surface area contributed by atoms with Crippen molar-refractivity contribution in [3.05, 3.63) is 0 Å². The lowest BCUT2D eigenvalue weighted by molar-refractivity contribution is -0.122. The summed E-state index contributed by atoms with van der Waals surface area (Å²) >= 11 is 3.86. The Kier molecular flexibility index (Phi) is 18.0. The molecule has 1 saturated heterocycles. The zero-order valence-corrected chi connectivity index (χ0v) is 19.4. The molecule has 1 heterocycles. The third-order valence-corrected chi connectivity index (χ3v) is 5.11. The summed E-state index contributed by atoms with van der Waals surface area (Å²) in [4.78, 5) is 24.6. The molecule has 0 aromatic carbocycles. The van der Waals surface area contributed by atoms with Crippen LogP contribution in [0.3, 0.4) is 0 Å². The second-order valence-electron chi connectivity index (χ2n) is 7.33. The van der Waals surface area contributed by atoms with Crippen LogP contribution in [0, 0.1) is 5.92 Å². The molecule has 0 bridgehead atoms. The zero-order valence-electron chi connectivity index (χ0n) is 18.5. The van der Waals surface area contributed by atoms with Crippen molar-refractivity contribution in [2.24, 2.45) is 5.92 Å². The van der Waals surface area contributed by atoms with Crippen LogP contribution < -0.4 is 10.6 Å². The van der Waals surface area contributed by atoms with E-state index in [2.05, 4.69) is 23.3 Å². The fraction of sp³-hybridized carbons (Fsp3) is 0.900. The molecule has 1 fully saturated rings. The molecule has 2 N–H and O–H groups in total. The SMILES string of the molecule is [B]N1CCC(CCNC(=O)CCOCCOCCOCCOCCNC(=O)CS)CC1. The molecule has 1 rings (SSSR count). The third-order valence-electron chi connectivity index (χ3n) is 4.83. The summed E-state index contributed by atoms with van der Waals surface area (Å²) in [5, 5.41) is 5.61. The number of thiol groups is 1. The molecule has 0 aromatic heterocycles. The summed E-state index contributed by atoms with van der Waals surface area (Å²) in [6, 6.07) is 0. The van der Waals surface area contributed by atoms with E-state index in [1.807, 2.05) is 4.81 Å². The summed E-state index contributed by atoms with van der Waals surface area (Å²) in [5.41, 5.74) is 0. The summed E-state index contributed by atoms with van der Waals surface area (Å²) in [6.07, 6.45) is 3.58. The second kappa shape index (κ2) is 19.8. The molecule has 2 amide bonds. The molecule has 2 radical (unpaired) electrons. The predicted octanol–water partition coefficient (Wildman–Crippen LogP) is -0.209. The minimum atomic E-state index is -0.109. The van der Waals surface area contributed by atoms with E-state index in [4.69, 9.17) is 26.9 Å². The van der Waals surface area contributed by atoms with Crippen LogP contribution in [0.1, 0.15) is 25.7 Å². The number of carbonyl (C=O) groups is 2. The molecule has 0 unspecified atom stereocenters. The molecule has 0 aliphatic carbocycles. The quantitative estimate of drug-likeness (QED) is 0.140. The van der Waals surface area contributed by atoms with Gasteiger partial charge in [-0.1, -0.05) is 0 Å². The fourth-order valence-electron chi connectivity index (χ4n) is 2.99. The Morgan fingerprint density at radius 1 is 0.806 bits per heavy atom. The lowest BCUT2D eigenvalue weighted by Crippen LogP contribution is -2.33. The molecule has 11 heteroatoms. The van der Waals surface area contributed by atoms with Gasteiger partial charge in [0.15, 0.2) is 7.98 Å². The molecule has 1 aliphatic heterocycles. The molecular weight excluding hydrogens is 421 g/mol. The van der Waals surface area contributed by atoms with Crippen molar-refractivity contribution in [1.82, 2.24) is 15.4 Å². The molecule has 178 valence electrons. The Hall–Kier alpha value is -0.845. The van der Waals surface area contributed by atoms with Gasteiger partial charge in [0.1, 0.15) is 0 Å². The van der Waals surface area contributed by atoms with E-state index in [1.165, 1.54) is 0 Å². The number of rotatable bonds is 19. The Bertz CT molecular complexity index is 470. The smallest absolute Gasteiger partial charge is 0.229 e. The van der Waals surface area contributed by atoms with Gasteiger partial charge in [0.05, 0.1) is 58.6 Å². The van der Waals surface area contributed by atoms with Gasteiger partial charge in [-0.25, -0.2) is 0 Å². The molecule has 0 saturated carbocycles. The van der Waals surface area contributed by atoms with E-state index in [9.17, 15) is 9.59 Å². The van der Waals surface area contributed by atoms with E-state index < -0.39 is 0 Å². The van der Waals surface area contributed by atoms with E-state index in [1.54, 1.807) is 0 Å². The summed E-state index contributed by atoms with van der Waals surface area (Å²) in [5.74, 6) is 0.751. The highest BCUT2D eigenvalue weighted by Gasteiger charge is 2.16. The van der Waals surface area contributed by atoms with Gasteiger partial charge in [0.2, 0.25) is 11.8 Å². The summed E-state index contributed by atoms with van der Waals surface area (Å²) < 4.78 is 21.5. The van der Waals surface area contributed by atoms with Crippen LogP contribution in [0.4, 0.5) is 0 Å². The fourth-order valence-corrected chi connectivity index (χ4v) is 3.10. The zero-order chi connectivity index (χ0) is 22.6. The Labute approximate surface area is 193 Å². The van der Waals surface area contributed by atoms with Gasteiger partial charge in [0.25, 0.3) is 0 Å². The van der Waals surface area contributed by atoms with Gasteiger partial charge in [-0.05, 0) is 38.3 Å². The van der Waals surface area contributed by atoms with Crippen LogP contribution in [-0.4, -0.2) is 109 Å². The molecule has 1 aliphatic rings. The number of nitrogens with one attached hydrogen (secondary N) is 2. The minimum absolute atomic E-state index is 0.0249. The first kappa shape index (κ1) is 28.2. The van der Waals surface area contributed by atoms with E-state index in [0.29, 0.717) is 71.7 Å². The van der Waals surface area contributed by atoms with Crippen LogP contribution in [-0.2, 0) is 28.5 Å². The van der Waals surface area contributed by atoms with Crippen LogP contribution in [0.5, 0.6) is 0 Å². The molecular formula is C20H38BN3O6S. The normalized spacial score (nSPS) is 15.1. The predicted molar refractivity (Wildman–Crippen MR) is 122 cm³/mol. The molecule has 31 heavy (non-hydrogen) atoms. The van der Waals surface area contributed by atoms with Crippen molar-refractivity contribution >= 4 is 32.4 Å². The minimum Gasteiger partial charge on any atom is -0.379 e. The van der Waals surface area contributed by atoms with Crippen LogP contribution in [0.25, 0.3) is 0 Å². The highest BCUT2D eigenvalue weighted by Crippen LogP contribution is 2.18. The van der Waals surface area contributed by atoms with Gasteiger partial charge >= 0.3 is 0 Å². The average Bonchev–Trinajstić information content (AvgIpc) is 2.77. The first-order valence-corrected chi connectivity index (χ1v) is 11.7. The van der Waals surface area contributed by atoms with Crippen LogP contribution in [0.2, 0.25) is 0 Å². The maximum absolute atomic E-state index is 11.8. The standard InChI is InChI=1S/C20H38BN3O6S/c21-24-7-2-18(3-8-24)1-5-22-19(25)4-9-27-11-13-29-15-16-30-14-12-28-10-6-23-20(26)17-31/h18,31H,1-17H2,(H,22,25)(H,23,26). The maximum Gasteiger partial charge on any atom is 0.229 e. The lowest BCUT2D eigenvalue weighted by Gasteiger charge is -2.29. The summed E-state index contributed by atoms with van der Waals surface area (Å²) in [6.45, 7) is 6.72. The number of piperidine rings is 1.